The van der Waals surface area contributed by atoms with Crippen LogP contribution in [0.15, 0.2) is 11.6 Å². The number of carbonyl (C=O) groups excluding carboxylic acids is 3. The second kappa shape index (κ2) is 14.5. The van der Waals surface area contributed by atoms with E-state index in [1.54, 1.807) is 25.8 Å². The van der Waals surface area contributed by atoms with Gasteiger partial charge in [-0.2, -0.15) is 0 Å². The lowest BCUT2D eigenvalue weighted by molar-refractivity contribution is -0.140. The molecule has 0 saturated carbocycles. The van der Waals surface area contributed by atoms with Crippen LogP contribution in [0.3, 0.4) is 0 Å². The summed E-state index contributed by atoms with van der Waals surface area (Å²) in [7, 11) is 1.77. The lowest BCUT2D eigenvalue weighted by Crippen LogP contribution is -2.59. The molecule has 1 fully saturated rings. The molecule has 0 spiro atoms. The van der Waals surface area contributed by atoms with E-state index in [1.165, 1.54) is 0 Å². The van der Waals surface area contributed by atoms with Gasteiger partial charge < -0.3 is 15.0 Å². The summed E-state index contributed by atoms with van der Waals surface area (Å²) >= 11 is 0. The van der Waals surface area contributed by atoms with E-state index in [0.29, 0.717) is 18.2 Å². The maximum absolute atomic E-state index is 13.7. The van der Waals surface area contributed by atoms with E-state index in [1.807, 2.05) is 19.9 Å². The number of likely N-dealkylation sites (N-methyl/N-ethyl adjacent to an activating group) is 1. The summed E-state index contributed by atoms with van der Waals surface area (Å²) in [5.74, 6) is -0.479. The molecule has 5 atom stereocenters. The molecule has 0 aliphatic carbocycles. The van der Waals surface area contributed by atoms with Gasteiger partial charge in [0.1, 0.15) is 6.04 Å². The van der Waals surface area contributed by atoms with Gasteiger partial charge in [0.15, 0.2) is 0 Å². The minimum Gasteiger partial charge on any atom is -0.463 e. The number of likely N-dealkylation sites (tertiary alicyclic amines) is 1. The van der Waals surface area contributed by atoms with Crippen LogP contribution in [0.2, 0.25) is 0 Å². The molecule has 2 unspecified atom stereocenters. The van der Waals surface area contributed by atoms with Gasteiger partial charge >= 0.3 is 5.97 Å². The van der Waals surface area contributed by atoms with Gasteiger partial charge in [0.2, 0.25) is 11.8 Å². The Morgan fingerprint density at radius 2 is 1.74 bits per heavy atom. The number of amides is 2. The largest absolute Gasteiger partial charge is 0.463 e. The Kier molecular flexibility index (Phi) is 12.9. The van der Waals surface area contributed by atoms with Crippen LogP contribution < -0.4 is 5.32 Å². The Hall–Kier alpha value is -1.89. The summed E-state index contributed by atoms with van der Waals surface area (Å²) in [4.78, 5) is 43.2. The third-order valence-electron chi connectivity index (χ3n) is 7.27. The monoisotopic (exact) mass is 479 g/mol. The van der Waals surface area contributed by atoms with Crippen LogP contribution in [0.1, 0.15) is 87.5 Å². The van der Waals surface area contributed by atoms with E-state index >= 15 is 0 Å². The van der Waals surface area contributed by atoms with Crippen molar-refractivity contribution in [1.82, 2.24) is 15.1 Å². The smallest absolute Gasteiger partial charge is 0.333 e. The van der Waals surface area contributed by atoms with E-state index in [9.17, 15) is 14.4 Å². The number of nitrogens with zero attached hydrogens (tertiary/aromatic N) is 2. The SMILES string of the molecule is CCOC(=O)/C(C)=C/[C@H]([C@@H](C)CC)N(C)C(=O)[C@@H](NC(=O)C1CCCCN1C(C)CC)C(C)C. The molecule has 0 aromatic heterocycles. The highest BCUT2D eigenvalue weighted by atomic mass is 16.5. The van der Waals surface area contributed by atoms with Crippen LogP contribution >= 0.6 is 0 Å². The van der Waals surface area contributed by atoms with Crippen molar-refractivity contribution in [1.29, 1.82) is 0 Å². The zero-order valence-electron chi connectivity index (χ0n) is 23.0. The van der Waals surface area contributed by atoms with E-state index in [-0.39, 0.29) is 41.7 Å². The fraction of sp³-hybridized carbons (Fsp3) is 0.815. The Bertz CT molecular complexity index is 706. The number of piperidine rings is 1. The molecule has 1 N–H and O–H groups in total. The number of esters is 1. The molecule has 7 heteroatoms. The van der Waals surface area contributed by atoms with Crippen molar-refractivity contribution >= 4 is 17.8 Å². The minimum atomic E-state index is -0.624. The molecule has 1 heterocycles. The molecule has 0 radical (unpaired) electrons. The van der Waals surface area contributed by atoms with Crippen LogP contribution in [-0.2, 0) is 19.1 Å². The normalized spacial score (nSPS) is 20.9. The van der Waals surface area contributed by atoms with Crippen LogP contribution in [0, 0.1) is 11.8 Å². The first-order chi connectivity index (χ1) is 16.0. The number of carbonyl (C=O) groups is 3. The van der Waals surface area contributed by atoms with E-state index < -0.39 is 6.04 Å². The zero-order valence-corrected chi connectivity index (χ0v) is 23.0. The highest BCUT2D eigenvalue weighted by molar-refractivity contribution is 5.91. The van der Waals surface area contributed by atoms with Crippen molar-refractivity contribution < 1.29 is 19.1 Å². The van der Waals surface area contributed by atoms with Crippen LogP contribution in [0.5, 0.6) is 0 Å². The fourth-order valence-electron chi connectivity index (χ4n) is 4.60. The molecule has 7 nitrogen and oxygen atoms in total. The molecule has 1 rings (SSSR count). The molecule has 0 aromatic carbocycles. The van der Waals surface area contributed by atoms with Crippen LogP contribution in [0.4, 0.5) is 0 Å². The first-order valence-electron chi connectivity index (χ1n) is 13.2. The summed E-state index contributed by atoms with van der Waals surface area (Å²) in [6.07, 6.45) is 6.61. The summed E-state index contributed by atoms with van der Waals surface area (Å²) < 4.78 is 5.13. The molecular weight excluding hydrogens is 430 g/mol. The fourth-order valence-corrected chi connectivity index (χ4v) is 4.60. The predicted molar refractivity (Wildman–Crippen MR) is 137 cm³/mol. The predicted octanol–water partition coefficient (Wildman–Crippen LogP) is 4.16. The van der Waals surface area contributed by atoms with Crippen molar-refractivity contribution in [3.63, 3.8) is 0 Å². The summed E-state index contributed by atoms with van der Waals surface area (Å²) in [5, 5.41) is 3.10. The first kappa shape index (κ1) is 30.1. The van der Waals surface area contributed by atoms with Gasteiger partial charge in [-0.05, 0) is 58.4 Å². The topological polar surface area (TPSA) is 79.0 Å². The van der Waals surface area contributed by atoms with Crippen molar-refractivity contribution in [2.24, 2.45) is 11.8 Å². The highest BCUT2D eigenvalue weighted by Crippen LogP contribution is 2.23. The van der Waals surface area contributed by atoms with Gasteiger partial charge in [0.25, 0.3) is 0 Å². The summed E-state index contributed by atoms with van der Waals surface area (Å²) in [5.41, 5.74) is 0.489. The Balaban J connectivity index is 3.12. The molecule has 1 aliphatic rings. The maximum Gasteiger partial charge on any atom is 0.333 e. The van der Waals surface area contributed by atoms with Gasteiger partial charge in [0.05, 0.1) is 18.7 Å². The standard InChI is InChI=1S/C27H49N3O4/c1-10-19(6)23(17-20(7)27(33)34-12-3)29(9)26(32)24(18(4)5)28-25(31)22-15-13-14-16-30(22)21(8)11-2/h17-19,21-24H,10-16H2,1-9H3,(H,28,31)/b20-17+/t19-,21?,22?,23+,24-/m0/s1. The van der Waals surface area contributed by atoms with E-state index in [0.717, 1.165) is 38.6 Å². The molecule has 2 amide bonds. The molecule has 34 heavy (non-hydrogen) atoms. The number of nitrogens with one attached hydrogen (secondary N) is 1. The average molecular weight is 480 g/mol. The van der Waals surface area contributed by atoms with Crippen molar-refractivity contribution in [3.05, 3.63) is 11.6 Å². The number of ether oxygens (including phenoxy) is 1. The Labute approximate surface area is 207 Å². The average Bonchev–Trinajstić information content (AvgIpc) is 2.83. The van der Waals surface area contributed by atoms with Crippen LogP contribution in [0.25, 0.3) is 0 Å². The summed E-state index contributed by atoms with van der Waals surface area (Å²) in [6, 6.07) is -0.760. The zero-order chi connectivity index (χ0) is 26.0. The number of rotatable bonds is 12. The molecule has 1 aliphatic heterocycles. The van der Waals surface area contributed by atoms with Gasteiger partial charge in [0, 0.05) is 18.7 Å². The second-order valence-electron chi connectivity index (χ2n) is 10.1. The third kappa shape index (κ3) is 8.10. The highest BCUT2D eigenvalue weighted by Gasteiger charge is 2.36. The van der Waals surface area contributed by atoms with Gasteiger partial charge in [-0.3, -0.25) is 14.5 Å². The van der Waals surface area contributed by atoms with Crippen molar-refractivity contribution in [2.45, 2.75) is 112 Å². The minimum absolute atomic E-state index is 0.0567. The number of hydrogen-bond donors (Lipinski definition) is 1. The quantitative estimate of drug-likeness (QED) is 0.336. The van der Waals surface area contributed by atoms with E-state index in [4.69, 9.17) is 4.74 Å². The Morgan fingerprint density at radius 3 is 2.26 bits per heavy atom. The lowest BCUT2D eigenvalue weighted by Gasteiger charge is -2.40. The number of hydrogen-bond acceptors (Lipinski definition) is 5. The molecule has 196 valence electrons. The second-order valence-corrected chi connectivity index (χ2v) is 10.1. The van der Waals surface area contributed by atoms with Crippen molar-refractivity contribution in [2.75, 3.05) is 20.2 Å². The van der Waals surface area contributed by atoms with Crippen molar-refractivity contribution in [3.8, 4) is 0 Å². The summed E-state index contributed by atoms with van der Waals surface area (Å²) in [6.45, 7) is 17.1. The third-order valence-corrected chi connectivity index (χ3v) is 7.27. The molecular formula is C27H49N3O4. The van der Waals surface area contributed by atoms with Crippen LogP contribution in [-0.4, -0.2) is 72.0 Å². The molecule has 0 bridgehead atoms. The van der Waals surface area contributed by atoms with E-state index in [2.05, 4.69) is 37.9 Å². The lowest BCUT2D eigenvalue weighted by atomic mass is 9.93. The maximum atomic E-state index is 13.7. The Morgan fingerprint density at radius 1 is 1.09 bits per heavy atom. The van der Waals surface area contributed by atoms with Gasteiger partial charge in [-0.25, -0.2) is 4.79 Å². The first-order valence-corrected chi connectivity index (χ1v) is 13.2. The van der Waals surface area contributed by atoms with Gasteiger partial charge in [-0.15, -0.1) is 0 Å². The molecule has 0 aromatic rings. The van der Waals surface area contributed by atoms with Gasteiger partial charge in [-0.1, -0.05) is 53.5 Å². The molecule has 1 saturated heterocycles.